The van der Waals surface area contributed by atoms with Crippen LogP contribution in [-0.4, -0.2) is 67.4 Å². The van der Waals surface area contributed by atoms with E-state index in [0.29, 0.717) is 13.0 Å². The molecule has 0 saturated carbocycles. The molecule has 168 valence electrons. The molecule has 2 aromatic rings. The van der Waals surface area contributed by atoms with E-state index < -0.39 is 30.6 Å². The van der Waals surface area contributed by atoms with Crippen LogP contribution in [0.4, 0.5) is 4.79 Å². The number of hydrogen-bond acceptors (Lipinski definition) is 5. The van der Waals surface area contributed by atoms with Crippen molar-refractivity contribution in [1.29, 1.82) is 0 Å². The summed E-state index contributed by atoms with van der Waals surface area (Å²) in [5.74, 6) is -1.75. The number of nitrogens with one attached hydrogen (secondary N) is 1. The van der Waals surface area contributed by atoms with E-state index in [0.717, 1.165) is 27.2 Å². The zero-order chi connectivity index (χ0) is 22.7. The first kappa shape index (κ1) is 21.8. The highest BCUT2D eigenvalue weighted by molar-refractivity contribution is 5.85. The minimum Gasteiger partial charge on any atom is -0.480 e. The standard InChI is InChI=1S/C24H26N2O6/c1-26(13-21(27)28)23(29)22-15(10-11-31-22)12-25-24(30)32-14-20-18-8-4-2-6-16(18)17-7-3-5-9-19(17)20/h2-9,15,20,22H,10-14H2,1H3,(H,25,30)(H,27,28)/t15-,22-/m0/s1. The predicted octanol–water partition coefficient (Wildman–Crippen LogP) is 2.47. The molecule has 2 aliphatic rings. The summed E-state index contributed by atoms with van der Waals surface area (Å²) in [6.45, 7) is 0.415. The molecule has 0 aromatic heterocycles. The van der Waals surface area contributed by atoms with Gasteiger partial charge < -0.3 is 24.8 Å². The molecule has 0 unspecified atom stereocenters. The van der Waals surface area contributed by atoms with Gasteiger partial charge in [0.15, 0.2) is 0 Å². The SMILES string of the molecule is CN(CC(=O)O)C(=O)[C@H]1OCC[C@H]1CNC(=O)OCC1c2ccccc2-c2ccccc21. The number of carboxylic acids is 1. The summed E-state index contributed by atoms with van der Waals surface area (Å²) in [5.41, 5.74) is 4.59. The fraction of sp³-hybridized carbons (Fsp3) is 0.375. The lowest BCUT2D eigenvalue weighted by molar-refractivity contribution is -0.148. The highest BCUT2D eigenvalue weighted by Gasteiger charge is 2.36. The van der Waals surface area contributed by atoms with Gasteiger partial charge in [0.1, 0.15) is 19.3 Å². The smallest absolute Gasteiger partial charge is 0.407 e. The van der Waals surface area contributed by atoms with Crippen molar-refractivity contribution < 1.29 is 29.0 Å². The van der Waals surface area contributed by atoms with E-state index in [9.17, 15) is 14.4 Å². The van der Waals surface area contributed by atoms with E-state index in [1.807, 2.05) is 24.3 Å². The summed E-state index contributed by atoms with van der Waals surface area (Å²) >= 11 is 0. The summed E-state index contributed by atoms with van der Waals surface area (Å²) in [6.07, 6.45) is -0.724. The van der Waals surface area contributed by atoms with Crippen molar-refractivity contribution in [3.05, 3.63) is 59.7 Å². The summed E-state index contributed by atoms with van der Waals surface area (Å²) in [6, 6.07) is 16.2. The third kappa shape index (κ3) is 4.45. The second-order valence-corrected chi connectivity index (χ2v) is 8.13. The Morgan fingerprint density at radius 1 is 1.09 bits per heavy atom. The largest absolute Gasteiger partial charge is 0.480 e. The van der Waals surface area contributed by atoms with Gasteiger partial charge in [0, 0.05) is 32.0 Å². The lowest BCUT2D eigenvalue weighted by Crippen LogP contribution is -2.44. The van der Waals surface area contributed by atoms with Gasteiger partial charge in [-0.2, -0.15) is 0 Å². The van der Waals surface area contributed by atoms with Crippen LogP contribution in [-0.2, 0) is 19.1 Å². The van der Waals surface area contributed by atoms with E-state index in [4.69, 9.17) is 14.6 Å². The molecule has 1 aliphatic carbocycles. The van der Waals surface area contributed by atoms with Gasteiger partial charge in [-0.1, -0.05) is 48.5 Å². The zero-order valence-electron chi connectivity index (χ0n) is 17.8. The van der Waals surface area contributed by atoms with E-state index in [2.05, 4.69) is 29.6 Å². The van der Waals surface area contributed by atoms with Gasteiger partial charge in [-0.3, -0.25) is 9.59 Å². The Hall–Kier alpha value is -3.39. The van der Waals surface area contributed by atoms with Gasteiger partial charge in [0.25, 0.3) is 5.91 Å². The maximum Gasteiger partial charge on any atom is 0.407 e. The molecule has 1 aliphatic heterocycles. The number of benzene rings is 2. The van der Waals surface area contributed by atoms with E-state index >= 15 is 0 Å². The lowest BCUT2D eigenvalue weighted by Gasteiger charge is -2.23. The van der Waals surface area contributed by atoms with Crippen LogP contribution in [0.1, 0.15) is 23.5 Å². The fourth-order valence-electron chi connectivity index (χ4n) is 4.48. The Balaban J connectivity index is 1.32. The number of carboxylic acid groups (broad SMARTS) is 1. The number of fused-ring (bicyclic) bond motifs is 3. The number of nitrogens with zero attached hydrogens (tertiary/aromatic N) is 1. The first-order valence-corrected chi connectivity index (χ1v) is 10.6. The molecule has 0 bridgehead atoms. The van der Waals surface area contributed by atoms with Crippen LogP contribution in [0.5, 0.6) is 0 Å². The van der Waals surface area contributed by atoms with Gasteiger partial charge in [0.2, 0.25) is 0 Å². The average molecular weight is 438 g/mol. The van der Waals surface area contributed by atoms with Crippen molar-refractivity contribution in [2.75, 3.05) is 33.4 Å². The fourth-order valence-corrected chi connectivity index (χ4v) is 4.48. The topological polar surface area (TPSA) is 105 Å². The van der Waals surface area contributed by atoms with E-state index in [1.165, 1.54) is 7.05 Å². The summed E-state index contributed by atoms with van der Waals surface area (Å²) < 4.78 is 11.0. The highest BCUT2D eigenvalue weighted by atomic mass is 16.5. The van der Waals surface area contributed by atoms with Crippen molar-refractivity contribution in [3.63, 3.8) is 0 Å². The summed E-state index contributed by atoms with van der Waals surface area (Å²) in [4.78, 5) is 36.8. The quantitative estimate of drug-likeness (QED) is 0.688. The first-order chi connectivity index (χ1) is 15.5. The van der Waals surface area contributed by atoms with Crippen LogP contribution < -0.4 is 5.32 Å². The van der Waals surface area contributed by atoms with Gasteiger partial charge in [-0.15, -0.1) is 0 Å². The molecule has 2 N–H and O–H groups in total. The molecule has 2 atom stereocenters. The molecular weight excluding hydrogens is 412 g/mol. The van der Waals surface area contributed by atoms with Crippen molar-refractivity contribution in [1.82, 2.24) is 10.2 Å². The molecule has 1 heterocycles. The minimum atomic E-state index is -1.09. The van der Waals surface area contributed by atoms with Crippen LogP contribution >= 0.6 is 0 Å². The number of alkyl carbamates (subject to hydrolysis) is 1. The molecule has 1 fully saturated rings. The second kappa shape index (κ2) is 9.40. The minimum absolute atomic E-state index is 0.0260. The van der Waals surface area contributed by atoms with Crippen LogP contribution in [0.25, 0.3) is 11.1 Å². The van der Waals surface area contributed by atoms with Gasteiger partial charge in [-0.25, -0.2) is 4.79 Å². The second-order valence-electron chi connectivity index (χ2n) is 8.13. The number of ether oxygens (including phenoxy) is 2. The molecule has 1 saturated heterocycles. The van der Waals surface area contributed by atoms with Gasteiger partial charge >= 0.3 is 12.1 Å². The number of rotatable bonds is 7. The Morgan fingerprint density at radius 3 is 2.34 bits per heavy atom. The van der Waals surface area contributed by atoms with Crippen LogP contribution in [0.2, 0.25) is 0 Å². The maximum atomic E-state index is 12.5. The predicted molar refractivity (Wildman–Crippen MR) is 116 cm³/mol. The average Bonchev–Trinajstić information content (AvgIpc) is 3.38. The third-order valence-corrected chi connectivity index (χ3v) is 6.06. The monoisotopic (exact) mass is 438 g/mol. The zero-order valence-corrected chi connectivity index (χ0v) is 17.8. The molecule has 4 rings (SSSR count). The van der Waals surface area contributed by atoms with Crippen molar-refractivity contribution in [2.45, 2.75) is 18.4 Å². The highest BCUT2D eigenvalue weighted by Crippen LogP contribution is 2.44. The Kier molecular flexibility index (Phi) is 6.41. The van der Waals surface area contributed by atoms with Crippen molar-refractivity contribution >= 4 is 18.0 Å². The van der Waals surface area contributed by atoms with Gasteiger partial charge in [-0.05, 0) is 28.7 Å². The number of likely N-dealkylation sites (N-methyl/N-ethyl adjacent to an activating group) is 1. The van der Waals surface area contributed by atoms with Crippen LogP contribution in [0.3, 0.4) is 0 Å². The van der Waals surface area contributed by atoms with Gasteiger partial charge in [0.05, 0.1) is 0 Å². The van der Waals surface area contributed by atoms with Crippen molar-refractivity contribution in [3.8, 4) is 11.1 Å². The first-order valence-electron chi connectivity index (χ1n) is 10.6. The van der Waals surface area contributed by atoms with E-state index in [1.54, 1.807) is 0 Å². The Morgan fingerprint density at radius 2 is 1.72 bits per heavy atom. The molecule has 2 amide bonds. The molecule has 2 aromatic carbocycles. The maximum absolute atomic E-state index is 12.5. The summed E-state index contributed by atoms with van der Waals surface area (Å²) in [5, 5.41) is 11.6. The number of carbonyl (C=O) groups excluding carboxylic acids is 2. The molecular formula is C24H26N2O6. The Labute approximate surface area is 186 Å². The molecule has 8 nitrogen and oxygen atoms in total. The number of carbonyl (C=O) groups is 3. The lowest BCUT2D eigenvalue weighted by atomic mass is 9.98. The number of amides is 2. The summed E-state index contributed by atoms with van der Waals surface area (Å²) in [7, 11) is 1.42. The number of hydrogen-bond donors (Lipinski definition) is 2. The normalized spacial score (nSPS) is 19.2. The third-order valence-electron chi connectivity index (χ3n) is 6.06. The molecule has 32 heavy (non-hydrogen) atoms. The molecule has 0 spiro atoms. The van der Waals surface area contributed by atoms with E-state index in [-0.39, 0.29) is 25.0 Å². The Bertz CT molecular complexity index is 978. The number of aliphatic carboxylic acids is 1. The molecule has 0 radical (unpaired) electrons. The van der Waals surface area contributed by atoms with Crippen LogP contribution in [0.15, 0.2) is 48.5 Å². The van der Waals surface area contributed by atoms with Crippen LogP contribution in [0, 0.1) is 5.92 Å². The molecule has 8 heteroatoms. The van der Waals surface area contributed by atoms with Crippen molar-refractivity contribution in [2.24, 2.45) is 5.92 Å².